The molecular weight excluding hydrogens is 250 g/mol. The zero-order valence-corrected chi connectivity index (χ0v) is 9.56. The van der Waals surface area contributed by atoms with E-state index >= 15 is 0 Å². The Balaban J connectivity index is 3.32. The number of hydrogen-bond donors (Lipinski definition) is 0. The van der Waals surface area contributed by atoms with Crippen LogP contribution in [-0.2, 0) is 4.74 Å². The Morgan fingerprint density at radius 1 is 1.59 bits per heavy atom. The lowest BCUT2D eigenvalue weighted by atomic mass is 10.1. The Hall–Kier alpha value is -1.95. The first-order valence-corrected chi connectivity index (χ1v) is 4.99. The molecule has 17 heavy (non-hydrogen) atoms. The molecule has 0 unspecified atom stereocenters. The molecule has 0 radical (unpaired) electrons. The summed E-state index contributed by atoms with van der Waals surface area (Å²) in [6, 6.07) is 2.00. The third kappa shape index (κ3) is 2.79. The van der Waals surface area contributed by atoms with Gasteiger partial charge in [-0.25, -0.2) is 4.79 Å². The molecule has 1 aromatic carbocycles. The number of esters is 1. The van der Waals surface area contributed by atoms with Crippen molar-refractivity contribution in [3.05, 3.63) is 38.4 Å². The molecule has 0 saturated heterocycles. The van der Waals surface area contributed by atoms with E-state index in [1.165, 1.54) is 0 Å². The average molecular weight is 258 g/mol. The van der Waals surface area contributed by atoms with Crippen LogP contribution < -0.4 is 0 Å². The summed E-state index contributed by atoms with van der Waals surface area (Å²) in [6.45, 7) is 1.75. The van der Waals surface area contributed by atoms with Gasteiger partial charge in [0.25, 0.3) is 5.69 Å². The fourth-order valence-electron chi connectivity index (χ4n) is 1.20. The van der Waals surface area contributed by atoms with E-state index in [1.807, 2.05) is 0 Å². The first-order chi connectivity index (χ1) is 8.01. The molecule has 6 nitrogen and oxygen atoms in total. The van der Waals surface area contributed by atoms with Crippen LogP contribution in [0, 0.1) is 10.1 Å². The lowest BCUT2D eigenvalue weighted by molar-refractivity contribution is -0.385. The summed E-state index contributed by atoms with van der Waals surface area (Å²) >= 11 is 5.71. The van der Waals surface area contributed by atoms with Gasteiger partial charge in [0.1, 0.15) is 0 Å². The number of carbonyl (C=O) groups is 2. The summed E-state index contributed by atoms with van der Waals surface area (Å²) in [6.07, 6.45) is 0.289. The number of carbonyl (C=O) groups excluding carboxylic acids is 2. The number of halogens is 1. The second-order valence-corrected chi connectivity index (χ2v) is 3.39. The zero-order valence-electron chi connectivity index (χ0n) is 8.81. The molecule has 0 bridgehead atoms. The smallest absolute Gasteiger partial charge is 0.339 e. The predicted molar refractivity (Wildman–Crippen MR) is 59.5 cm³/mol. The van der Waals surface area contributed by atoms with E-state index in [0.717, 1.165) is 12.1 Å². The van der Waals surface area contributed by atoms with Crippen molar-refractivity contribution in [3.8, 4) is 0 Å². The number of nitro benzene ring substituents is 1. The fourth-order valence-corrected chi connectivity index (χ4v) is 1.43. The highest BCUT2D eigenvalue weighted by atomic mass is 35.5. The van der Waals surface area contributed by atoms with Gasteiger partial charge in [-0.2, -0.15) is 0 Å². The number of rotatable bonds is 4. The second kappa shape index (κ2) is 5.40. The molecule has 0 aliphatic carbocycles. The van der Waals surface area contributed by atoms with Gasteiger partial charge in [0.05, 0.1) is 27.7 Å². The Kier molecular flexibility index (Phi) is 4.17. The molecule has 0 aliphatic heterocycles. The van der Waals surface area contributed by atoms with Crippen LogP contribution >= 0.6 is 11.6 Å². The minimum absolute atomic E-state index is 0.0683. The highest BCUT2D eigenvalue weighted by Crippen LogP contribution is 2.26. The van der Waals surface area contributed by atoms with Gasteiger partial charge in [-0.15, -0.1) is 0 Å². The highest BCUT2D eigenvalue weighted by Gasteiger charge is 2.20. The maximum atomic E-state index is 11.4. The van der Waals surface area contributed by atoms with E-state index < -0.39 is 16.6 Å². The van der Waals surface area contributed by atoms with E-state index in [-0.39, 0.29) is 29.0 Å². The minimum Gasteiger partial charge on any atom is -0.462 e. The number of benzene rings is 1. The molecule has 0 amide bonds. The maximum absolute atomic E-state index is 11.4. The standard InChI is InChI=1S/C10H8ClNO5/c1-2-17-10(14)7-3-6(5-13)9(12(15)16)4-8(7)11/h3-5H,2H2,1H3. The number of nitro groups is 1. The van der Waals surface area contributed by atoms with E-state index in [4.69, 9.17) is 16.3 Å². The van der Waals surface area contributed by atoms with Crippen LogP contribution in [0.25, 0.3) is 0 Å². The van der Waals surface area contributed by atoms with Crippen molar-refractivity contribution >= 4 is 29.5 Å². The van der Waals surface area contributed by atoms with E-state index in [9.17, 15) is 19.7 Å². The topological polar surface area (TPSA) is 86.5 Å². The first-order valence-electron chi connectivity index (χ1n) is 4.61. The van der Waals surface area contributed by atoms with E-state index in [1.54, 1.807) is 6.92 Å². The van der Waals surface area contributed by atoms with Gasteiger partial charge < -0.3 is 4.74 Å². The third-order valence-electron chi connectivity index (χ3n) is 1.94. The normalized spacial score (nSPS) is 9.76. The van der Waals surface area contributed by atoms with Crippen molar-refractivity contribution in [1.29, 1.82) is 0 Å². The summed E-state index contributed by atoms with van der Waals surface area (Å²) in [5.41, 5.74) is -0.735. The lowest BCUT2D eigenvalue weighted by Gasteiger charge is -2.05. The number of hydrogen-bond acceptors (Lipinski definition) is 5. The van der Waals surface area contributed by atoms with Crippen LogP contribution in [0.5, 0.6) is 0 Å². The third-order valence-corrected chi connectivity index (χ3v) is 2.25. The van der Waals surface area contributed by atoms with Crippen LogP contribution in [0.2, 0.25) is 5.02 Å². The molecule has 0 fully saturated rings. The second-order valence-electron chi connectivity index (χ2n) is 2.99. The molecule has 0 atom stereocenters. The molecule has 90 valence electrons. The minimum atomic E-state index is -0.745. The van der Waals surface area contributed by atoms with Crippen LogP contribution in [0.4, 0.5) is 5.69 Å². The molecule has 1 rings (SSSR count). The average Bonchev–Trinajstić information content (AvgIpc) is 2.28. The molecule has 0 aromatic heterocycles. The monoisotopic (exact) mass is 257 g/mol. The maximum Gasteiger partial charge on any atom is 0.339 e. The van der Waals surface area contributed by atoms with E-state index in [0.29, 0.717) is 0 Å². The van der Waals surface area contributed by atoms with Crippen molar-refractivity contribution in [2.45, 2.75) is 6.92 Å². The van der Waals surface area contributed by atoms with Gasteiger partial charge in [0, 0.05) is 6.07 Å². The van der Waals surface area contributed by atoms with Crippen LogP contribution in [0.3, 0.4) is 0 Å². The first kappa shape index (κ1) is 13.1. The van der Waals surface area contributed by atoms with Gasteiger partial charge in [-0.3, -0.25) is 14.9 Å². The quantitative estimate of drug-likeness (QED) is 0.357. The fraction of sp³-hybridized carbons (Fsp3) is 0.200. The summed E-state index contributed by atoms with van der Waals surface area (Å²) < 4.78 is 4.70. The summed E-state index contributed by atoms with van der Waals surface area (Å²) in [7, 11) is 0. The van der Waals surface area contributed by atoms with Crippen molar-refractivity contribution in [1.82, 2.24) is 0 Å². The molecule has 0 aliphatic rings. The summed E-state index contributed by atoms with van der Waals surface area (Å²) in [5.74, 6) is -0.726. The van der Waals surface area contributed by atoms with Crippen LogP contribution in [0.1, 0.15) is 27.6 Å². The number of aldehydes is 1. The lowest BCUT2D eigenvalue weighted by Crippen LogP contribution is -2.07. The van der Waals surface area contributed by atoms with Gasteiger partial charge in [-0.05, 0) is 13.0 Å². The molecule has 1 aromatic rings. The van der Waals surface area contributed by atoms with Gasteiger partial charge in [0.15, 0.2) is 6.29 Å². The molecule has 0 spiro atoms. The van der Waals surface area contributed by atoms with E-state index in [2.05, 4.69) is 0 Å². The van der Waals surface area contributed by atoms with Crippen LogP contribution in [0.15, 0.2) is 12.1 Å². The van der Waals surface area contributed by atoms with Gasteiger partial charge >= 0.3 is 5.97 Å². The molecular formula is C10H8ClNO5. The Morgan fingerprint density at radius 2 is 2.24 bits per heavy atom. The van der Waals surface area contributed by atoms with Crippen molar-refractivity contribution in [2.24, 2.45) is 0 Å². The van der Waals surface area contributed by atoms with Gasteiger partial charge in [0.2, 0.25) is 0 Å². The SMILES string of the molecule is CCOC(=O)c1cc(C=O)c([N+](=O)[O-])cc1Cl. The number of nitrogens with zero attached hydrogens (tertiary/aromatic N) is 1. The molecule has 0 heterocycles. The van der Waals surface area contributed by atoms with Crippen molar-refractivity contribution in [3.63, 3.8) is 0 Å². The zero-order chi connectivity index (χ0) is 13.0. The molecule has 0 saturated carbocycles. The summed E-state index contributed by atoms with van der Waals surface area (Å²) in [4.78, 5) is 32.0. The van der Waals surface area contributed by atoms with Crippen molar-refractivity contribution < 1.29 is 19.2 Å². The predicted octanol–water partition coefficient (Wildman–Crippen LogP) is 2.24. The van der Waals surface area contributed by atoms with Crippen molar-refractivity contribution in [2.75, 3.05) is 6.61 Å². The highest BCUT2D eigenvalue weighted by molar-refractivity contribution is 6.34. The van der Waals surface area contributed by atoms with Crippen LogP contribution in [-0.4, -0.2) is 23.8 Å². The Bertz CT molecular complexity index is 486. The van der Waals surface area contributed by atoms with Gasteiger partial charge in [-0.1, -0.05) is 11.6 Å². The molecule has 0 N–H and O–H groups in total. The largest absolute Gasteiger partial charge is 0.462 e. The Morgan fingerprint density at radius 3 is 2.71 bits per heavy atom. The molecule has 7 heteroatoms. The summed E-state index contributed by atoms with van der Waals surface area (Å²) in [5, 5.41) is 10.5. The Labute approximate surface area is 101 Å². The number of ether oxygens (including phenoxy) is 1.